The van der Waals surface area contributed by atoms with Crippen molar-refractivity contribution < 1.29 is 0 Å². The van der Waals surface area contributed by atoms with E-state index in [4.69, 9.17) is 0 Å². The smallest absolute Gasteiger partial charge is 0.0234 e. The van der Waals surface area contributed by atoms with Crippen LogP contribution in [-0.4, -0.2) is 18.0 Å². The van der Waals surface area contributed by atoms with Crippen LogP contribution in [0.15, 0.2) is 28.7 Å². The van der Waals surface area contributed by atoms with Gasteiger partial charge in [0.05, 0.1) is 0 Å². The predicted molar refractivity (Wildman–Crippen MR) is 67.8 cm³/mol. The molecule has 0 bridgehead atoms. The minimum absolute atomic E-state index is 0.928. The van der Waals surface area contributed by atoms with E-state index in [1.165, 1.54) is 36.0 Å². The first-order valence-corrected chi connectivity index (χ1v) is 6.54. The summed E-state index contributed by atoms with van der Waals surface area (Å²) in [4.78, 5) is 2.57. The molecule has 2 rings (SSSR count). The van der Waals surface area contributed by atoms with Crippen molar-refractivity contribution in [1.82, 2.24) is 4.90 Å². The molecule has 82 valence electrons. The third-order valence-corrected chi connectivity index (χ3v) is 3.74. The van der Waals surface area contributed by atoms with Crippen LogP contribution in [-0.2, 0) is 6.54 Å². The molecule has 0 spiro atoms. The summed E-state index contributed by atoms with van der Waals surface area (Å²) in [5, 5.41) is 0. The van der Waals surface area contributed by atoms with Gasteiger partial charge in [0.1, 0.15) is 0 Å². The number of hydrogen-bond acceptors (Lipinski definition) is 1. The fourth-order valence-electron chi connectivity index (χ4n) is 2.28. The van der Waals surface area contributed by atoms with Crippen LogP contribution in [0.2, 0.25) is 0 Å². The van der Waals surface area contributed by atoms with Crippen molar-refractivity contribution >= 4 is 15.9 Å². The van der Waals surface area contributed by atoms with E-state index in [1.807, 2.05) is 0 Å². The molecule has 1 fully saturated rings. The third-order valence-electron chi connectivity index (χ3n) is 3.24. The van der Waals surface area contributed by atoms with Crippen LogP contribution < -0.4 is 0 Å². The maximum atomic E-state index is 3.52. The minimum atomic E-state index is 0.928. The normalized spacial score (nSPS) is 22.1. The molecule has 1 aliphatic heterocycles. The Labute approximate surface area is 101 Å². The number of nitrogens with zero attached hydrogens (tertiary/aromatic N) is 1. The molecular formula is C13H18BrN. The second-order valence-corrected chi connectivity index (χ2v) is 5.34. The molecule has 0 radical (unpaired) electrons. The first-order chi connectivity index (χ1) is 7.28. The number of benzene rings is 1. The predicted octanol–water partition coefficient (Wildman–Crippen LogP) is 3.68. The van der Waals surface area contributed by atoms with Crippen molar-refractivity contribution in [1.29, 1.82) is 0 Å². The van der Waals surface area contributed by atoms with Crippen molar-refractivity contribution in [2.24, 2.45) is 5.92 Å². The molecule has 0 saturated carbocycles. The lowest BCUT2D eigenvalue weighted by molar-refractivity contribution is 0.315. The molecule has 1 atom stereocenters. The fraction of sp³-hybridized carbons (Fsp3) is 0.538. The molecule has 1 nitrogen and oxygen atoms in total. The summed E-state index contributed by atoms with van der Waals surface area (Å²) in [6.07, 6.45) is 2.71. The molecule has 1 unspecified atom stereocenters. The summed E-state index contributed by atoms with van der Waals surface area (Å²) in [6.45, 7) is 5.96. The lowest BCUT2D eigenvalue weighted by atomic mass is 10.1. The van der Waals surface area contributed by atoms with Gasteiger partial charge in [0.2, 0.25) is 0 Å². The molecule has 0 aliphatic carbocycles. The molecule has 1 heterocycles. The van der Waals surface area contributed by atoms with E-state index in [0.717, 1.165) is 12.5 Å². The van der Waals surface area contributed by atoms with Crippen LogP contribution in [0.3, 0.4) is 0 Å². The molecule has 0 N–H and O–H groups in total. The van der Waals surface area contributed by atoms with Crippen molar-refractivity contribution in [3.63, 3.8) is 0 Å². The van der Waals surface area contributed by atoms with Gasteiger partial charge >= 0.3 is 0 Å². The number of rotatable bonds is 3. The summed E-state index contributed by atoms with van der Waals surface area (Å²) in [6, 6.07) is 8.64. The van der Waals surface area contributed by atoms with Gasteiger partial charge in [0.25, 0.3) is 0 Å². The molecule has 1 aromatic carbocycles. The molecule has 15 heavy (non-hydrogen) atoms. The van der Waals surface area contributed by atoms with Gasteiger partial charge in [0, 0.05) is 17.6 Å². The van der Waals surface area contributed by atoms with Crippen LogP contribution in [0.1, 0.15) is 25.3 Å². The Hall–Kier alpha value is -0.340. The Morgan fingerprint density at radius 3 is 3.00 bits per heavy atom. The monoisotopic (exact) mass is 267 g/mol. The highest BCUT2D eigenvalue weighted by molar-refractivity contribution is 9.10. The van der Waals surface area contributed by atoms with Gasteiger partial charge in [-0.3, -0.25) is 4.90 Å². The molecule has 2 heteroatoms. The Morgan fingerprint density at radius 2 is 2.33 bits per heavy atom. The fourth-order valence-corrected chi connectivity index (χ4v) is 2.73. The van der Waals surface area contributed by atoms with Gasteiger partial charge in [-0.2, -0.15) is 0 Å². The summed E-state index contributed by atoms with van der Waals surface area (Å²) in [7, 11) is 0. The van der Waals surface area contributed by atoms with Crippen LogP contribution in [0, 0.1) is 5.92 Å². The zero-order valence-electron chi connectivity index (χ0n) is 9.25. The van der Waals surface area contributed by atoms with Gasteiger partial charge in [0.15, 0.2) is 0 Å². The average molecular weight is 268 g/mol. The maximum Gasteiger partial charge on any atom is 0.0234 e. The molecular weight excluding hydrogens is 250 g/mol. The van der Waals surface area contributed by atoms with Gasteiger partial charge < -0.3 is 0 Å². The lowest BCUT2D eigenvalue weighted by Gasteiger charge is -2.15. The van der Waals surface area contributed by atoms with Gasteiger partial charge in [-0.15, -0.1) is 0 Å². The van der Waals surface area contributed by atoms with E-state index < -0.39 is 0 Å². The van der Waals surface area contributed by atoms with E-state index >= 15 is 0 Å². The number of halogens is 1. The number of hydrogen-bond donors (Lipinski definition) is 0. The van der Waals surface area contributed by atoms with Crippen molar-refractivity contribution in [2.45, 2.75) is 26.3 Å². The van der Waals surface area contributed by atoms with E-state index in [0.29, 0.717) is 0 Å². The van der Waals surface area contributed by atoms with E-state index in [2.05, 4.69) is 52.0 Å². The molecule has 0 amide bonds. The Kier molecular flexibility index (Phi) is 3.81. The summed E-state index contributed by atoms with van der Waals surface area (Å²) >= 11 is 3.52. The van der Waals surface area contributed by atoms with Crippen LogP contribution >= 0.6 is 15.9 Å². The first-order valence-electron chi connectivity index (χ1n) is 5.74. The van der Waals surface area contributed by atoms with Crippen molar-refractivity contribution in [3.8, 4) is 0 Å². The number of likely N-dealkylation sites (tertiary alicyclic amines) is 1. The van der Waals surface area contributed by atoms with E-state index in [1.54, 1.807) is 0 Å². The van der Waals surface area contributed by atoms with Crippen LogP contribution in [0.25, 0.3) is 0 Å². The van der Waals surface area contributed by atoms with Crippen LogP contribution in [0.4, 0.5) is 0 Å². The van der Waals surface area contributed by atoms with E-state index in [9.17, 15) is 0 Å². The minimum Gasteiger partial charge on any atom is -0.299 e. The van der Waals surface area contributed by atoms with Gasteiger partial charge in [-0.1, -0.05) is 41.4 Å². The highest BCUT2D eigenvalue weighted by atomic mass is 79.9. The first kappa shape index (κ1) is 11.2. The molecule has 1 aromatic rings. The highest BCUT2D eigenvalue weighted by Crippen LogP contribution is 2.21. The summed E-state index contributed by atoms with van der Waals surface area (Å²) in [5.74, 6) is 0.928. The van der Waals surface area contributed by atoms with Crippen molar-refractivity contribution in [3.05, 3.63) is 34.3 Å². The Bertz CT molecular complexity index is 324. The van der Waals surface area contributed by atoms with Gasteiger partial charge in [-0.05, 0) is 36.6 Å². The lowest BCUT2D eigenvalue weighted by Crippen LogP contribution is -2.19. The van der Waals surface area contributed by atoms with Gasteiger partial charge in [-0.25, -0.2) is 0 Å². The second-order valence-electron chi connectivity index (χ2n) is 4.43. The zero-order chi connectivity index (χ0) is 10.7. The molecule has 0 aromatic heterocycles. The Morgan fingerprint density at radius 1 is 1.47 bits per heavy atom. The Balaban J connectivity index is 1.92. The molecule has 1 aliphatic rings. The quantitative estimate of drug-likeness (QED) is 0.808. The summed E-state index contributed by atoms with van der Waals surface area (Å²) in [5.41, 5.74) is 1.42. The summed E-state index contributed by atoms with van der Waals surface area (Å²) < 4.78 is 1.19. The van der Waals surface area contributed by atoms with E-state index in [-0.39, 0.29) is 0 Å². The topological polar surface area (TPSA) is 3.24 Å². The SMILES string of the molecule is CCC1CCN(Cc2cccc(Br)c2)C1. The zero-order valence-corrected chi connectivity index (χ0v) is 10.8. The largest absolute Gasteiger partial charge is 0.299 e. The molecule has 1 saturated heterocycles. The highest BCUT2D eigenvalue weighted by Gasteiger charge is 2.20. The van der Waals surface area contributed by atoms with Crippen LogP contribution in [0.5, 0.6) is 0 Å². The van der Waals surface area contributed by atoms with Crippen molar-refractivity contribution in [2.75, 3.05) is 13.1 Å². The average Bonchev–Trinajstić information content (AvgIpc) is 2.65. The maximum absolute atomic E-state index is 3.52. The standard InChI is InChI=1S/C13H18BrN/c1-2-11-6-7-15(9-11)10-12-4-3-5-13(14)8-12/h3-5,8,11H,2,6-7,9-10H2,1H3. The third kappa shape index (κ3) is 3.05. The second kappa shape index (κ2) is 5.13.